The maximum absolute atomic E-state index is 3.88. The Balaban J connectivity index is 3.25. The molecule has 0 N–H and O–H groups in total. The maximum atomic E-state index is 3.88. The number of hydrogen-bond donors (Lipinski definition) is 0. The van der Waals surface area contributed by atoms with Crippen LogP contribution < -0.4 is 0 Å². The van der Waals surface area contributed by atoms with Crippen LogP contribution in [0.5, 0.6) is 0 Å². The third kappa shape index (κ3) is 6.45. The van der Waals surface area contributed by atoms with E-state index in [4.69, 9.17) is 0 Å². The van der Waals surface area contributed by atoms with Crippen molar-refractivity contribution in [3.8, 4) is 0 Å². The molecule has 0 aliphatic carbocycles. The van der Waals surface area contributed by atoms with Crippen molar-refractivity contribution in [1.29, 1.82) is 0 Å². The van der Waals surface area contributed by atoms with Crippen molar-refractivity contribution in [3.63, 3.8) is 0 Å². The van der Waals surface area contributed by atoms with E-state index in [9.17, 15) is 0 Å². The van der Waals surface area contributed by atoms with Crippen molar-refractivity contribution in [2.24, 2.45) is 5.92 Å². The van der Waals surface area contributed by atoms with Gasteiger partial charge in [-0.3, -0.25) is 0 Å². The van der Waals surface area contributed by atoms with Crippen molar-refractivity contribution < 1.29 is 0 Å². The number of rotatable bonds is 8. The summed E-state index contributed by atoms with van der Waals surface area (Å²) in [6.07, 6.45) is 11.7. The smallest absolute Gasteiger partial charge is 0.0236 e. The van der Waals surface area contributed by atoms with Crippen LogP contribution in [0, 0.1) is 5.92 Å². The summed E-state index contributed by atoms with van der Waals surface area (Å²) >= 11 is 0. The molecule has 0 aliphatic rings. The van der Waals surface area contributed by atoms with Crippen LogP contribution >= 0.6 is 0 Å². The largest absolute Gasteiger partial charge is 0.103 e. The molecule has 0 spiro atoms. The molecule has 0 aromatic heterocycles. The highest BCUT2D eigenvalue weighted by Gasteiger charge is 2.01. The van der Waals surface area contributed by atoms with Gasteiger partial charge in [-0.05, 0) is 18.8 Å². The minimum Gasteiger partial charge on any atom is -0.103 e. The molecule has 0 heterocycles. The Hall–Kier alpha value is -0.260. The molecule has 0 nitrogen and oxygen atoms in total. The van der Waals surface area contributed by atoms with Gasteiger partial charge in [-0.25, -0.2) is 0 Å². The van der Waals surface area contributed by atoms with Crippen LogP contribution in [0.15, 0.2) is 12.7 Å². The van der Waals surface area contributed by atoms with Gasteiger partial charge in [0.25, 0.3) is 0 Å². The van der Waals surface area contributed by atoms with Gasteiger partial charge in [0.2, 0.25) is 0 Å². The summed E-state index contributed by atoms with van der Waals surface area (Å²) in [5.41, 5.74) is 0. The molecule has 0 unspecified atom stereocenters. The van der Waals surface area contributed by atoms with E-state index in [2.05, 4.69) is 26.5 Å². The Bertz CT molecular complexity index is 94.2. The second-order valence-corrected chi connectivity index (χ2v) is 3.63. The van der Waals surface area contributed by atoms with E-state index < -0.39 is 0 Å². The van der Waals surface area contributed by atoms with Crippen molar-refractivity contribution in [2.45, 2.75) is 58.8 Å². The van der Waals surface area contributed by atoms with Gasteiger partial charge in [0.1, 0.15) is 0 Å². The summed E-state index contributed by atoms with van der Waals surface area (Å²) in [4.78, 5) is 0. The van der Waals surface area contributed by atoms with Crippen LogP contribution in [0.1, 0.15) is 58.8 Å². The molecule has 0 radical (unpaired) electrons. The van der Waals surface area contributed by atoms with E-state index in [-0.39, 0.29) is 0 Å². The molecule has 0 saturated heterocycles. The van der Waals surface area contributed by atoms with Gasteiger partial charge in [0.15, 0.2) is 0 Å². The van der Waals surface area contributed by atoms with E-state index in [0.29, 0.717) is 0 Å². The van der Waals surface area contributed by atoms with E-state index in [1.54, 1.807) is 0 Å². The highest BCUT2D eigenvalue weighted by Crippen LogP contribution is 2.16. The zero-order chi connectivity index (χ0) is 9.23. The third-order valence-corrected chi connectivity index (χ3v) is 2.42. The molecule has 0 aromatic rings. The van der Waals surface area contributed by atoms with Crippen molar-refractivity contribution >= 4 is 0 Å². The fourth-order valence-electron chi connectivity index (χ4n) is 1.58. The van der Waals surface area contributed by atoms with E-state index in [1.165, 1.54) is 44.9 Å². The number of unbranched alkanes of at least 4 members (excludes halogenated alkanes) is 3. The highest BCUT2D eigenvalue weighted by molar-refractivity contribution is 4.78. The first-order valence-electron chi connectivity index (χ1n) is 5.47. The highest BCUT2D eigenvalue weighted by atomic mass is 14.1. The fourth-order valence-corrected chi connectivity index (χ4v) is 1.58. The molecule has 72 valence electrons. The Morgan fingerprint density at radius 1 is 1.00 bits per heavy atom. The lowest BCUT2D eigenvalue weighted by atomic mass is 9.96. The van der Waals surface area contributed by atoms with E-state index in [1.807, 2.05) is 0 Å². The van der Waals surface area contributed by atoms with Gasteiger partial charge in [-0.15, -0.1) is 6.58 Å². The molecule has 0 rings (SSSR count). The summed E-state index contributed by atoms with van der Waals surface area (Å²) in [6, 6.07) is 0. The average Bonchev–Trinajstić information content (AvgIpc) is 2.10. The van der Waals surface area contributed by atoms with Crippen molar-refractivity contribution in [3.05, 3.63) is 12.7 Å². The second-order valence-electron chi connectivity index (χ2n) is 3.63. The topological polar surface area (TPSA) is 0 Å². The predicted octanol–water partition coefficient (Wildman–Crippen LogP) is 4.56. The molecule has 0 fully saturated rings. The Labute approximate surface area is 78.1 Å². The minimum absolute atomic E-state index is 0.784. The Kier molecular flexibility index (Phi) is 8.64. The van der Waals surface area contributed by atoms with Crippen LogP contribution in [0.25, 0.3) is 0 Å². The van der Waals surface area contributed by atoms with Gasteiger partial charge < -0.3 is 0 Å². The molecular formula is C12H24. The van der Waals surface area contributed by atoms with E-state index >= 15 is 0 Å². The van der Waals surface area contributed by atoms with Gasteiger partial charge in [0, 0.05) is 0 Å². The number of hydrogen-bond acceptors (Lipinski definition) is 0. The first-order chi connectivity index (χ1) is 5.85. The molecule has 12 heavy (non-hydrogen) atoms. The molecule has 0 heteroatoms. The standard InChI is InChI=1S/C12H24/c1-4-7-8-9-11-12(6-3)10-5-2/h6,12H,3-5,7-11H2,1-2H3/t12-/m0/s1. The lowest BCUT2D eigenvalue weighted by molar-refractivity contribution is 0.496. The molecule has 0 saturated carbocycles. The summed E-state index contributed by atoms with van der Waals surface area (Å²) in [6.45, 7) is 8.39. The third-order valence-electron chi connectivity index (χ3n) is 2.42. The number of allylic oxidation sites excluding steroid dienone is 1. The minimum atomic E-state index is 0.784. The second kappa shape index (κ2) is 8.83. The lowest BCUT2D eigenvalue weighted by Gasteiger charge is -2.09. The molecule has 0 bridgehead atoms. The van der Waals surface area contributed by atoms with Crippen LogP contribution in [-0.2, 0) is 0 Å². The monoisotopic (exact) mass is 168 g/mol. The molecule has 1 atom stereocenters. The van der Waals surface area contributed by atoms with Gasteiger partial charge in [0.05, 0.1) is 0 Å². The van der Waals surface area contributed by atoms with Crippen molar-refractivity contribution in [2.75, 3.05) is 0 Å². The van der Waals surface area contributed by atoms with Gasteiger partial charge in [-0.2, -0.15) is 0 Å². The Morgan fingerprint density at radius 2 is 1.75 bits per heavy atom. The summed E-state index contributed by atoms with van der Waals surface area (Å²) in [5, 5.41) is 0. The molecule has 0 aromatic carbocycles. The quantitative estimate of drug-likeness (QED) is 0.368. The Morgan fingerprint density at radius 3 is 2.25 bits per heavy atom. The first kappa shape index (κ1) is 11.7. The first-order valence-corrected chi connectivity index (χ1v) is 5.47. The lowest BCUT2D eigenvalue weighted by Crippen LogP contribution is -1.95. The van der Waals surface area contributed by atoms with Crippen LogP contribution in [0.4, 0.5) is 0 Å². The SMILES string of the molecule is C=C[C@@H](CCC)CCCCCC. The molecule has 0 amide bonds. The summed E-state index contributed by atoms with van der Waals surface area (Å²) in [5.74, 6) is 0.784. The summed E-state index contributed by atoms with van der Waals surface area (Å²) in [7, 11) is 0. The van der Waals surface area contributed by atoms with Gasteiger partial charge in [-0.1, -0.05) is 52.0 Å². The van der Waals surface area contributed by atoms with Gasteiger partial charge >= 0.3 is 0 Å². The van der Waals surface area contributed by atoms with Crippen LogP contribution in [-0.4, -0.2) is 0 Å². The molecular weight excluding hydrogens is 144 g/mol. The normalized spacial score (nSPS) is 12.8. The zero-order valence-corrected chi connectivity index (χ0v) is 8.81. The van der Waals surface area contributed by atoms with Crippen LogP contribution in [0.2, 0.25) is 0 Å². The summed E-state index contributed by atoms with van der Waals surface area (Å²) < 4.78 is 0. The zero-order valence-electron chi connectivity index (χ0n) is 8.81. The molecule has 0 aliphatic heterocycles. The van der Waals surface area contributed by atoms with Crippen LogP contribution in [0.3, 0.4) is 0 Å². The fraction of sp³-hybridized carbons (Fsp3) is 0.833. The maximum Gasteiger partial charge on any atom is -0.0236 e. The average molecular weight is 168 g/mol. The predicted molar refractivity (Wildman–Crippen MR) is 57.4 cm³/mol. The van der Waals surface area contributed by atoms with E-state index in [0.717, 1.165) is 5.92 Å². The van der Waals surface area contributed by atoms with Crippen molar-refractivity contribution in [1.82, 2.24) is 0 Å².